The standard InChI is InChI=1S/C22H27NO3/c1-13(2)18-7-9-19(10-8-18)22(25)26-17(6)21(24)23-20-15(4)11-14(3)12-16(20)5/h7-13,17H,1-6H3,(H,23,24)/t17-/m0/s1. The Bertz CT molecular complexity index is 784. The van der Waals surface area contributed by atoms with Crippen molar-refractivity contribution in [2.24, 2.45) is 0 Å². The van der Waals surface area contributed by atoms with Gasteiger partial charge in [-0.05, 0) is 62.4 Å². The van der Waals surface area contributed by atoms with Gasteiger partial charge in [-0.2, -0.15) is 0 Å². The second-order valence-electron chi connectivity index (χ2n) is 7.09. The molecule has 1 amide bonds. The summed E-state index contributed by atoms with van der Waals surface area (Å²) in [6, 6.07) is 11.3. The van der Waals surface area contributed by atoms with Crippen molar-refractivity contribution in [2.75, 3.05) is 5.32 Å². The first-order valence-corrected chi connectivity index (χ1v) is 8.88. The Morgan fingerprint density at radius 1 is 0.923 bits per heavy atom. The zero-order chi connectivity index (χ0) is 19.4. The molecule has 0 saturated carbocycles. The fourth-order valence-electron chi connectivity index (χ4n) is 2.89. The van der Waals surface area contributed by atoms with Crippen molar-refractivity contribution in [3.05, 3.63) is 64.2 Å². The summed E-state index contributed by atoms with van der Waals surface area (Å²) < 4.78 is 5.32. The Balaban J connectivity index is 2.03. The molecule has 0 aliphatic rings. The van der Waals surface area contributed by atoms with E-state index >= 15 is 0 Å². The number of anilines is 1. The molecule has 0 saturated heterocycles. The van der Waals surface area contributed by atoms with Crippen molar-refractivity contribution in [1.29, 1.82) is 0 Å². The summed E-state index contributed by atoms with van der Waals surface area (Å²) in [5.74, 6) is -0.446. The molecule has 4 nitrogen and oxygen atoms in total. The highest BCUT2D eigenvalue weighted by atomic mass is 16.5. The van der Waals surface area contributed by atoms with Gasteiger partial charge in [-0.15, -0.1) is 0 Å². The Labute approximate surface area is 155 Å². The molecule has 2 aromatic carbocycles. The molecule has 0 unspecified atom stereocenters. The summed E-state index contributed by atoms with van der Waals surface area (Å²) in [5, 5.41) is 2.87. The molecule has 138 valence electrons. The Morgan fingerprint density at radius 2 is 1.46 bits per heavy atom. The van der Waals surface area contributed by atoms with E-state index in [0.717, 1.165) is 27.9 Å². The molecule has 1 N–H and O–H groups in total. The maximum absolute atomic E-state index is 12.4. The minimum absolute atomic E-state index is 0.341. The van der Waals surface area contributed by atoms with Crippen molar-refractivity contribution < 1.29 is 14.3 Å². The predicted molar refractivity (Wildman–Crippen MR) is 105 cm³/mol. The SMILES string of the molecule is Cc1cc(C)c(NC(=O)[C@H](C)OC(=O)c2ccc(C(C)C)cc2)c(C)c1. The molecule has 2 aromatic rings. The van der Waals surface area contributed by atoms with E-state index in [1.165, 1.54) is 0 Å². The molecule has 0 aromatic heterocycles. The zero-order valence-corrected chi connectivity index (χ0v) is 16.3. The van der Waals surface area contributed by atoms with Gasteiger partial charge in [0.1, 0.15) is 0 Å². The number of esters is 1. The number of ether oxygens (including phenoxy) is 1. The number of amides is 1. The third kappa shape index (κ3) is 4.72. The lowest BCUT2D eigenvalue weighted by Crippen LogP contribution is -2.30. The molecular weight excluding hydrogens is 326 g/mol. The molecule has 2 rings (SSSR count). The molecule has 0 bridgehead atoms. The van der Waals surface area contributed by atoms with Crippen LogP contribution >= 0.6 is 0 Å². The molecule has 1 atom stereocenters. The minimum atomic E-state index is -0.882. The van der Waals surface area contributed by atoms with Crippen LogP contribution in [0.1, 0.15) is 59.3 Å². The van der Waals surface area contributed by atoms with Gasteiger partial charge < -0.3 is 10.1 Å². The van der Waals surface area contributed by atoms with Gasteiger partial charge in [0.25, 0.3) is 5.91 Å². The smallest absolute Gasteiger partial charge is 0.338 e. The van der Waals surface area contributed by atoms with Crippen molar-refractivity contribution in [3.63, 3.8) is 0 Å². The van der Waals surface area contributed by atoms with Crippen LogP contribution in [0.15, 0.2) is 36.4 Å². The van der Waals surface area contributed by atoms with E-state index in [9.17, 15) is 9.59 Å². The summed E-state index contributed by atoms with van der Waals surface area (Å²) in [6.45, 7) is 11.7. The van der Waals surface area contributed by atoms with Crippen molar-refractivity contribution in [3.8, 4) is 0 Å². The summed E-state index contributed by atoms with van der Waals surface area (Å²) in [4.78, 5) is 24.7. The molecule has 26 heavy (non-hydrogen) atoms. The van der Waals surface area contributed by atoms with Crippen LogP contribution in [0.5, 0.6) is 0 Å². The van der Waals surface area contributed by atoms with Crippen LogP contribution in [0.2, 0.25) is 0 Å². The number of nitrogens with one attached hydrogen (secondary N) is 1. The Morgan fingerprint density at radius 3 is 1.96 bits per heavy atom. The average Bonchev–Trinajstić information content (AvgIpc) is 2.57. The van der Waals surface area contributed by atoms with Gasteiger partial charge in [-0.1, -0.05) is 43.7 Å². The van der Waals surface area contributed by atoms with E-state index in [4.69, 9.17) is 4.74 Å². The Hall–Kier alpha value is -2.62. The van der Waals surface area contributed by atoms with Gasteiger partial charge in [0.15, 0.2) is 6.10 Å². The van der Waals surface area contributed by atoms with E-state index < -0.39 is 12.1 Å². The number of carbonyl (C=O) groups is 2. The summed E-state index contributed by atoms with van der Waals surface area (Å²) in [5.41, 5.74) is 5.47. The molecule has 0 fully saturated rings. The number of hydrogen-bond acceptors (Lipinski definition) is 3. The monoisotopic (exact) mass is 353 g/mol. The third-order valence-electron chi connectivity index (χ3n) is 4.39. The summed E-state index contributed by atoms with van der Waals surface area (Å²) >= 11 is 0. The second-order valence-corrected chi connectivity index (χ2v) is 7.09. The normalized spacial score (nSPS) is 12.0. The predicted octanol–water partition coefficient (Wildman–Crippen LogP) is 4.92. The van der Waals surface area contributed by atoms with Gasteiger partial charge in [0.2, 0.25) is 0 Å². The number of aryl methyl sites for hydroxylation is 3. The lowest BCUT2D eigenvalue weighted by molar-refractivity contribution is -0.123. The molecule has 0 heterocycles. The molecule has 0 aliphatic carbocycles. The van der Waals surface area contributed by atoms with Crippen LogP contribution in [0, 0.1) is 20.8 Å². The number of benzene rings is 2. The quantitative estimate of drug-likeness (QED) is 0.776. The summed E-state index contributed by atoms with van der Waals surface area (Å²) in [7, 11) is 0. The van der Waals surface area contributed by atoms with Crippen LogP contribution in [0.3, 0.4) is 0 Å². The molecule has 0 radical (unpaired) electrons. The van der Waals surface area contributed by atoms with Crippen LogP contribution in [-0.2, 0) is 9.53 Å². The fraction of sp³-hybridized carbons (Fsp3) is 0.364. The maximum Gasteiger partial charge on any atom is 0.338 e. The van der Waals surface area contributed by atoms with E-state index in [1.807, 2.05) is 45.0 Å². The number of hydrogen-bond donors (Lipinski definition) is 1. The van der Waals surface area contributed by atoms with Crippen LogP contribution in [0.25, 0.3) is 0 Å². The lowest BCUT2D eigenvalue weighted by Gasteiger charge is -2.17. The molecule has 4 heteroatoms. The Kier molecular flexibility index (Phi) is 6.19. The summed E-state index contributed by atoms with van der Waals surface area (Å²) in [6.07, 6.45) is -0.882. The minimum Gasteiger partial charge on any atom is -0.449 e. The highest BCUT2D eigenvalue weighted by molar-refractivity contribution is 5.98. The molecule has 0 aliphatic heterocycles. The zero-order valence-electron chi connectivity index (χ0n) is 16.3. The number of rotatable bonds is 5. The first-order chi connectivity index (χ1) is 12.2. The first-order valence-electron chi connectivity index (χ1n) is 8.88. The number of carbonyl (C=O) groups excluding carboxylic acids is 2. The maximum atomic E-state index is 12.4. The largest absolute Gasteiger partial charge is 0.449 e. The first kappa shape index (κ1) is 19.7. The van der Waals surface area contributed by atoms with Gasteiger partial charge >= 0.3 is 5.97 Å². The topological polar surface area (TPSA) is 55.4 Å². The third-order valence-corrected chi connectivity index (χ3v) is 4.39. The van der Waals surface area contributed by atoms with Gasteiger partial charge in [0.05, 0.1) is 5.56 Å². The fourth-order valence-corrected chi connectivity index (χ4v) is 2.89. The van der Waals surface area contributed by atoms with E-state index in [0.29, 0.717) is 11.5 Å². The van der Waals surface area contributed by atoms with Crippen LogP contribution in [-0.4, -0.2) is 18.0 Å². The van der Waals surface area contributed by atoms with Gasteiger partial charge in [-0.3, -0.25) is 4.79 Å². The molecular formula is C22H27NO3. The van der Waals surface area contributed by atoms with E-state index in [2.05, 4.69) is 19.2 Å². The van der Waals surface area contributed by atoms with Crippen molar-refractivity contribution in [1.82, 2.24) is 0 Å². The van der Waals surface area contributed by atoms with Gasteiger partial charge in [0, 0.05) is 5.69 Å². The lowest BCUT2D eigenvalue weighted by atomic mass is 10.0. The molecule has 0 spiro atoms. The van der Waals surface area contributed by atoms with Crippen molar-refractivity contribution >= 4 is 17.6 Å². The van der Waals surface area contributed by atoms with Crippen molar-refractivity contribution in [2.45, 2.75) is 53.6 Å². The van der Waals surface area contributed by atoms with Crippen LogP contribution < -0.4 is 5.32 Å². The second kappa shape index (κ2) is 8.17. The van der Waals surface area contributed by atoms with E-state index in [-0.39, 0.29) is 5.91 Å². The average molecular weight is 353 g/mol. The van der Waals surface area contributed by atoms with E-state index in [1.54, 1.807) is 19.1 Å². The van der Waals surface area contributed by atoms with Gasteiger partial charge in [-0.25, -0.2) is 4.79 Å². The highest BCUT2D eigenvalue weighted by Crippen LogP contribution is 2.22. The van der Waals surface area contributed by atoms with Crippen LogP contribution in [0.4, 0.5) is 5.69 Å². The highest BCUT2D eigenvalue weighted by Gasteiger charge is 2.20.